The van der Waals surface area contributed by atoms with Crippen molar-refractivity contribution in [2.45, 2.75) is 20.0 Å². The van der Waals surface area contributed by atoms with Gasteiger partial charge in [0.05, 0.1) is 6.61 Å². The predicted molar refractivity (Wildman–Crippen MR) is 98.6 cm³/mol. The molecular formula is C19H20Cl2OTi. The van der Waals surface area contributed by atoms with Crippen LogP contribution in [0.25, 0.3) is 16.7 Å². The van der Waals surface area contributed by atoms with E-state index in [1.54, 1.807) is 0 Å². The third kappa shape index (κ3) is 4.59. The van der Waals surface area contributed by atoms with E-state index < -0.39 is 0 Å². The summed E-state index contributed by atoms with van der Waals surface area (Å²) in [6, 6.07) is 16.5. The van der Waals surface area contributed by atoms with Gasteiger partial charge in [-0.05, 0) is 46.7 Å². The van der Waals surface area contributed by atoms with Crippen molar-refractivity contribution in [3.05, 3.63) is 77.4 Å². The monoisotopic (exact) mass is 382 g/mol. The second-order valence-electron chi connectivity index (χ2n) is 5.13. The summed E-state index contributed by atoms with van der Waals surface area (Å²) in [6.07, 6.45) is 5.38. The van der Waals surface area contributed by atoms with Crippen LogP contribution >= 0.6 is 24.8 Å². The molecule has 0 aromatic heterocycles. The van der Waals surface area contributed by atoms with Crippen LogP contribution in [0.4, 0.5) is 0 Å². The average molecular weight is 383 g/mol. The van der Waals surface area contributed by atoms with Gasteiger partial charge < -0.3 is 5.11 Å². The van der Waals surface area contributed by atoms with E-state index in [0.717, 1.165) is 17.5 Å². The fourth-order valence-corrected chi connectivity index (χ4v) is 2.84. The molecule has 23 heavy (non-hydrogen) atoms. The molecule has 0 atom stereocenters. The van der Waals surface area contributed by atoms with Gasteiger partial charge in [0, 0.05) is 21.7 Å². The van der Waals surface area contributed by atoms with Gasteiger partial charge in [0.2, 0.25) is 0 Å². The topological polar surface area (TPSA) is 20.2 Å². The van der Waals surface area contributed by atoms with Gasteiger partial charge in [-0.3, -0.25) is 0 Å². The summed E-state index contributed by atoms with van der Waals surface area (Å²) >= 11 is 0. The number of rotatable bonds is 3. The minimum Gasteiger partial charge on any atom is -0.392 e. The molecule has 1 N–H and O–H groups in total. The Balaban J connectivity index is 0.00000161. The summed E-state index contributed by atoms with van der Waals surface area (Å²) in [5.74, 6) is 0. The second-order valence-corrected chi connectivity index (χ2v) is 5.13. The number of hydrogen-bond acceptors (Lipinski definition) is 1. The molecule has 0 bridgehead atoms. The molecule has 1 aliphatic rings. The average Bonchev–Trinajstić information content (AvgIpc) is 2.93. The van der Waals surface area contributed by atoms with E-state index in [1.165, 1.54) is 22.3 Å². The summed E-state index contributed by atoms with van der Waals surface area (Å²) < 4.78 is 0. The number of benzene rings is 2. The van der Waals surface area contributed by atoms with Crippen LogP contribution in [0.3, 0.4) is 0 Å². The van der Waals surface area contributed by atoms with E-state index in [0.29, 0.717) is 0 Å². The molecule has 0 spiro atoms. The summed E-state index contributed by atoms with van der Waals surface area (Å²) in [7, 11) is 0. The minimum atomic E-state index is 0. The van der Waals surface area contributed by atoms with Crippen molar-refractivity contribution >= 4 is 30.4 Å². The van der Waals surface area contributed by atoms with E-state index in [2.05, 4.69) is 49.4 Å². The number of aliphatic hydroxyl groups is 1. The molecule has 0 saturated carbocycles. The predicted octanol–water partition coefficient (Wildman–Crippen LogP) is 5.42. The van der Waals surface area contributed by atoms with Crippen molar-refractivity contribution in [1.82, 2.24) is 0 Å². The summed E-state index contributed by atoms with van der Waals surface area (Å²) in [5, 5.41) is 9.56. The molecule has 1 aliphatic carbocycles. The van der Waals surface area contributed by atoms with Gasteiger partial charge in [-0.25, -0.2) is 0 Å². The number of allylic oxidation sites excluding steroid dienone is 4. The van der Waals surface area contributed by atoms with Crippen LogP contribution in [0.1, 0.15) is 24.5 Å². The molecule has 0 aliphatic heterocycles. The largest absolute Gasteiger partial charge is 0.392 e. The SMILES string of the molecule is CC1=C(c2ccccc2-c2ccccc2CO)CC=C1.Cl.Cl.[Ti]. The third-order valence-corrected chi connectivity index (χ3v) is 3.90. The molecule has 1 nitrogen and oxygen atoms in total. The Morgan fingerprint density at radius 1 is 0.870 bits per heavy atom. The molecule has 0 saturated heterocycles. The van der Waals surface area contributed by atoms with Gasteiger partial charge in [-0.1, -0.05) is 60.7 Å². The molecule has 3 rings (SSSR count). The van der Waals surface area contributed by atoms with Crippen molar-refractivity contribution in [2.75, 3.05) is 0 Å². The van der Waals surface area contributed by atoms with Crippen LogP contribution in [0, 0.1) is 0 Å². The second kappa shape index (κ2) is 10.1. The molecule has 0 amide bonds. The zero-order valence-corrected chi connectivity index (χ0v) is 16.1. The van der Waals surface area contributed by atoms with E-state index >= 15 is 0 Å². The molecule has 0 heterocycles. The summed E-state index contributed by atoms with van der Waals surface area (Å²) in [5.41, 5.74) is 7.29. The van der Waals surface area contributed by atoms with Gasteiger partial charge in [-0.2, -0.15) is 0 Å². The standard InChI is InChI=1S/C19H18O.2ClH.Ti/c1-14-7-6-12-16(14)18-10-4-5-11-19(18)17-9-3-2-8-15(17)13-20;;;/h2-11,20H,12-13H2,1H3;2*1H;. The van der Waals surface area contributed by atoms with Crippen LogP contribution in [-0.2, 0) is 28.3 Å². The molecule has 4 heteroatoms. The Labute approximate surface area is 165 Å². The Morgan fingerprint density at radius 3 is 2.00 bits per heavy atom. The molecule has 0 fully saturated rings. The zero-order valence-electron chi connectivity index (χ0n) is 13.0. The summed E-state index contributed by atoms with van der Waals surface area (Å²) in [6.45, 7) is 2.23. The Kier molecular flexibility index (Phi) is 9.76. The van der Waals surface area contributed by atoms with Gasteiger partial charge in [0.15, 0.2) is 0 Å². The van der Waals surface area contributed by atoms with E-state index in [1.807, 2.05) is 18.2 Å². The first-order valence-electron chi connectivity index (χ1n) is 6.96. The van der Waals surface area contributed by atoms with Crippen molar-refractivity contribution in [1.29, 1.82) is 0 Å². The fraction of sp³-hybridized carbons (Fsp3) is 0.158. The molecule has 2 aromatic rings. The van der Waals surface area contributed by atoms with Crippen LogP contribution in [0.5, 0.6) is 0 Å². The van der Waals surface area contributed by atoms with Crippen molar-refractivity contribution in [3.8, 4) is 11.1 Å². The maximum atomic E-state index is 9.56. The van der Waals surface area contributed by atoms with Crippen molar-refractivity contribution in [3.63, 3.8) is 0 Å². The first-order chi connectivity index (χ1) is 9.81. The Morgan fingerprint density at radius 2 is 1.43 bits per heavy atom. The van der Waals surface area contributed by atoms with Crippen LogP contribution < -0.4 is 0 Å². The van der Waals surface area contributed by atoms with Gasteiger partial charge in [0.25, 0.3) is 0 Å². The van der Waals surface area contributed by atoms with E-state index in [4.69, 9.17) is 0 Å². The molecule has 2 aromatic carbocycles. The third-order valence-electron chi connectivity index (χ3n) is 3.90. The van der Waals surface area contributed by atoms with Crippen LogP contribution in [-0.4, -0.2) is 5.11 Å². The fourth-order valence-electron chi connectivity index (χ4n) is 2.84. The van der Waals surface area contributed by atoms with Crippen molar-refractivity contribution < 1.29 is 26.8 Å². The van der Waals surface area contributed by atoms with Crippen molar-refractivity contribution in [2.24, 2.45) is 0 Å². The Hall–Kier alpha value is -0.826. The Bertz CT molecular complexity index is 708. The van der Waals surface area contributed by atoms with Crippen LogP contribution in [0.15, 0.2) is 66.3 Å². The first kappa shape index (κ1) is 22.2. The number of hydrogen-bond donors (Lipinski definition) is 1. The van der Waals surface area contributed by atoms with Crippen LogP contribution in [0.2, 0.25) is 0 Å². The smallest absolute Gasteiger partial charge is 0.0687 e. The number of aliphatic hydroxyl groups excluding tert-OH is 1. The minimum absolute atomic E-state index is 0. The molecule has 0 radical (unpaired) electrons. The normalized spacial score (nSPS) is 12.3. The van der Waals surface area contributed by atoms with Gasteiger partial charge in [-0.15, -0.1) is 24.8 Å². The first-order valence-corrected chi connectivity index (χ1v) is 6.96. The van der Waals surface area contributed by atoms with Gasteiger partial charge >= 0.3 is 0 Å². The quantitative estimate of drug-likeness (QED) is 0.702. The van der Waals surface area contributed by atoms with E-state index in [9.17, 15) is 5.11 Å². The van der Waals surface area contributed by atoms with E-state index in [-0.39, 0.29) is 53.1 Å². The summed E-state index contributed by atoms with van der Waals surface area (Å²) in [4.78, 5) is 0. The molecule has 0 unspecified atom stereocenters. The number of halogens is 2. The van der Waals surface area contributed by atoms with Gasteiger partial charge in [0.1, 0.15) is 0 Å². The zero-order chi connectivity index (χ0) is 13.9. The molecule has 120 valence electrons. The maximum Gasteiger partial charge on any atom is 0.0687 e. The molecular weight excluding hydrogens is 363 g/mol. The maximum absolute atomic E-state index is 9.56.